The number of carboxylic acid groups (broad SMARTS) is 1. The van der Waals surface area contributed by atoms with Crippen molar-refractivity contribution in [3.63, 3.8) is 0 Å². The Hall–Kier alpha value is -1.84. The average molecular weight is 236 g/mol. The molecule has 0 fully saturated rings. The fourth-order valence-corrected chi connectivity index (χ4v) is 1.59. The SMILES string of the molecule is COc1cc(C[C@H](C)C(=O)O)ccc1C(C)=O. The van der Waals surface area contributed by atoms with Crippen molar-refractivity contribution >= 4 is 11.8 Å². The topological polar surface area (TPSA) is 63.6 Å². The fourth-order valence-electron chi connectivity index (χ4n) is 1.59. The zero-order chi connectivity index (χ0) is 13.0. The van der Waals surface area contributed by atoms with E-state index in [1.165, 1.54) is 14.0 Å². The molecule has 4 nitrogen and oxygen atoms in total. The van der Waals surface area contributed by atoms with Gasteiger partial charge >= 0.3 is 5.97 Å². The van der Waals surface area contributed by atoms with Crippen molar-refractivity contribution in [3.8, 4) is 5.75 Å². The Bertz CT molecular complexity index is 437. The summed E-state index contributed by atoms with van der Waals surface area (Å²) in [4.78, 5) is 22.0. The molecule has 0 bridgehead atoms. The molecule has 0 unspecified atom stereocenters. The molecule has 1 aromatic rings. The van der Waals surface area contributed by atoms with E-state index in [2.05, 4.69) is 0 Å². The number of rotatable bonds is 5. The second-order valence-corrected chi connectivity index (χ2v) is 4.03. The predicted octanol–water partition coefficient (Wildman–Crippen LogP) is 2.16. The Morgan fingerprint density at radius 1 is 1.41 bits per heavy atom. The van der Waals surface area contributed by atoms with Gasteiger partial charge in [0, 0.05) is 0 Å². The standard InChI is InChI=1S/C13H16O4/c1-8(13(15)16)6-10-4-5-11(9(2)14)12(7-10)17-3/h4-5,7-8H,6H2,1-3H3,(H,15,16)/t8-/m0/s1. The third-order valence-corrected chi connectivity index (χ3v) is 2.61. The van der Waals surface area contributed by atoms with Gasteiger partial charge in [0.05, 0.1) is 18.6 Å². The van der Waals surface area contributed by atoms with Gasteiger partial charge in [-0.1, -0.05) is 13.0 Å². The van der Waals surface area contributed by atoms with E-state index >= 15 is 0 Å². The van der Waals surface area contributed by atoms with Gasteiger partial charge in [0.25, 0.3) is 0 Å². The summed E-state index contributed by atoms with van der Waals surface area (Å²) in [6.45, 7) is 3.12. The lowest BCUT2D eigenvalue weighted by atomic mass is 9.99. The maximum absolute atomic E-state index is 11.3. The molecule has 0 heterocycles. The van der Waals surface area contributed by atoms with Crippen LogP contribution >= 0.6 is 0 Å². The normalized spacial score (nSPS) is 11.9. The first-order valence-corrected chi connectivity index (χ1v) is 5.36. The summed E-state index contributed by atoms with van der Waals surface area (Å²) < 4.78 is 5.12. The molecular weight excluding hydrogens is 220 g/mol. The Labute approximate surface area is 100 Å². The Kier molecular flexibility index (Phi) is 4.26. The van der Waals surface area contributed by atoms with E-state index in [0.717, 1.165) is 5.56 Å². The molecule has 0 aliphatic rings. The van der Waals surface area contributed by atoms with Gasteiger partial charge in [0.1, 0.15) is 5.75 Å². The van der Waals surface area contributed by atoms with Crippen LogP contribution in [-0.4, -0.2) is 24.0 Å². The van der Waals surface area contributed by atoms with Crippen molar-refractivity contribution in [1.29, 1.82) is 0 Å². The Morgan fingerprint density at radius 2 is 2.06 bits per heavy atom. The van der Waals surface area contributed by atoms with Crippen LogP contribution in [0, 0.1) is 5.92 Å². The van der Waals surface area contributed by atoms with Crippen molar-refractivity contribution in [1.82, 2.24) is 0 Å². The highest BCUT2D eigenvalue weighted by Gasteiger charge is 2.14. The van der Waals surface area contributed by atoms with Crippen LogP contribution in [0.1, 0.15) is 29.8 Å². The average Bonchev–Trinajstić information content (AvgIpc) is 2.28. The molecule has 17 heavy (non-hydrogen) atoms. The van der Waals surface area contributed by atoms with Crippen LogP contribution in [0.5, 0.6) is 5.75 Å². The number of ether oxygens (including phenoxy) is 1. The lowest BCUT2D eigenvalue weighted by Crippen LogP contribution is -2.12. The molecular formula is C13H16O4. The highest BCUT2D eigenvalue weighted by molar-refractivity contribution is 5.96. The molecule has 0 aromatic heterocycles. The smallest absolute Gasteiger partial charge is 0.306 e. The van der Waals surface area contributed by atoms with Crippen molar-refractivity contribution in [3.05, 3.63) is 29.3 Å². The van der Waals surface area contributed by atoms with Crippen molar-refractivity contribution < 1.29 is 19.4 Å². The summed E-state index contributed by atoms with van der Waals surface area (Å²) in [5, 5.41) is 8.83. The fraction of sp³-hybridized carbons (Fsp3) is 0.385. The number of methoxy groups -OCH3 is 1. The molecule has 0 aliphatic carbocycles. The summed E-state index contributed by atoms with van der Waals surface area (Å²) in [5.41, 5.74) is 1.36. The van der Waals surface area contributed by atoms with Gasteiger partial charge in [0.15, 0.2) is 5.78 Å². The van der Waals surface area contributed by atoms with Crippen LogP contribution in [0.4, 0.5) is 0 Å². The zero-order valence-corrected chi connectivity index (χ0v) is 10.2. The van der Waals surface area contributed by atoms with Crippen LogP contribution in [0.25, 0.3) is 0 Å². The first-order valence-electron chi connectivity index (χ1n) is 5.36. The molecule has 0 aliphatic heterocycles. The van der Waals surface area contributed by atoms with Crippen molar-refractivity contribution in [2.45, 2.75) is 20.3 Å². The maximum atomic E-state index is 11.3. The van der Waals surface area contributed by atoms with Gasteiger partial charge < -0.3 is 9.84 Å². The van der Waals surface area contributed by atoms with E-state index < -0.39 is 11.9 Å². The molecule has 0 amide bonds. The van der Waals surface area contributed by atoms with Crippen LogP contribution in [-0.2, 0) is 11.2 Å². The van der Waals surface area contributed by atoms with Gasteiger partial charge in [0.2, 0.25) is 0 Å². The first kappa shape index (κ1) is 13.2. The van der Waals surface area contributed by atoms with Crippen LogP contribution in [0.2, 0.25) is 0 Å². The number of hydrogen-bond acceptors (Lipinski definition) is 3. The summed E-state index contributed by atoms with van der Waals surface area (Å²) in [7, 11) is 1.49. The van der Waals surface area contributed by atoms with Crippen molar-refractivity contribution in [2.24, 2.45) is 5.92 Å². The zero-order valence-electron chi connectivity index (χ0n) is 10.2. The molecule has 0 radical (unpaired) electrons. The monoisotopic (exact) mass is 236 g/mol. The number of hydrogen-bond donors (Lipinski definition) is 1. The van der Waals surface area contributed by atoms with E-state index in [-0.39, 0.29) is 5.78 Å². The van der Waals surface area contributed by atoms with E-state index in [9.17, 15) is 9.59 Å². The number of carboxylic acids is 1. The number of carbonyl (C=O) groups is 2. The minimum Gasteiger partial charge on any atom is -0.496 e. The molecule has 4 heteroatoms. The number of ketones is 1. The first-order chi connectivity index (χ1) is 7.95. The van der Waals surface area contributed by atoms with Gasteiger partial charge in [-0.25, -0.2) is 0 Å². The minimum absolute atomic E-state index is 0.0697. The predicted molar refractivity (Wildman–Crippen MR) is 63.5 cm³/mol. The second kappa shape index (κ2) is 5.48. The van der Waals surface area contributed by atoms with E-state index in [0.29, 0.717) is 17.7 Å². The van der Waals surface area contributed by atoms with Crippen molar-refractivity contribution in [2.75, 3.05) is 7.11 Å². The van der Waals surface area contributed by atoms with Crippen LogP contribution in [0.15, 0.2) is 18.2 Å². The molecule has 1 N–H and O–H groups in total. The maximum Gasteiger partial charge on any atom is 0.306 e. The van der Waals surface area contributed by atoms with Crippen LogP contribution < -0.4 is 4.74 Å². The molecule has 1 aromatic carbocycles. The van der Waals surface area contributed by atoms with Gasteiger partial charge in [-0.2, -0.15) is 0 Å². The molecule has 1 rings (SSSR count). The van der Waals surface area contributed by atoms with Gasteiger partial charge in [-0.3, -0.25) is 9.59 Å². The second-order valence-electron chi connectivity index (χ2n) is 4.03. The van der Waals surface area contributed by atoms with E-state index in [4.69, 9.17) is 9.84 Å². The van der Waals surface area contributed by atoms with Crippen LogP contribution in [0.3, 0.4) is 0 Å². The molecule has 0 saturated carbocycles. The quantitative estimate of drug-likeness (QED) is 0.796. The number of aliphatic carboxylic acids is 1. The third kappa shape index (κ3) is 3.31. The lowest BCUT2D eigenvalue weighted by Gasteiger charge is -2.10. The van der Waals surface area contributed by atoms with Gasteiger partial charge in [-0.15, -0.1) is 0 Å². The molecule has 0 saturated heterocycles. The lowest BCUT2D eigenvalue weighted by molar-refractivity contribution is -0.141. The molecule has 0 spiro atoms. The third-order valence-electron chi connectivity index (χ3n) is 2.61. The van der Waals surface area contributed by atoms with Gasteiger partial charge in [-0.05, 0) is 31.0 Å². The summed E-state index contributed by atoms with van der Waals surface area (Å²) in [6, 6.07) is 5.15. The molecule has 1 atom stereocenters. The Morgan fingerprint density at radius 3 is 2.53 bits per heavy atom. The van der Waals surface area contributed by atoms with E-state index in [1.807, 2.05) is 0 Å². The number of Topliss-reactive ketones (excluding diaryl/α,β-unsaturated/α-hetero) is 1. The number of carbonyl (C=O) groups excluding carboxylic acids is 1. The largest absolute Gasteiger partial charge is 0.496 e. The highest BCUT2D eigenvalue weighted by Crippen LogP contribution is 2.22. The van der Waals surface area contributed by atoms with E-state index in [1.54, 1.807) is 25.1 Å². The minimum atomic E-state index is -0.834. The molecule has 92 valence electrons. The summed E-state index contributed by atoms with van der Waals surface area (Å²) in [5.74, 6) is -0.866. The highest BCUT2D eigenvalue weighted by atomic mass is 16.5. The summed E-state index contributed by atoms with van der Waals surface area (Å²) in [6.07, 6.45) is 0.421. The summed E-state index contributed by atoms with van der Waals surface area (Å²) >= 11 is 0. The Balaban J connectivity index is 2.97. The number of benzene rings is 1.